The molecule has 2 aromatic rings. The fraction of sp³-hybridized carbons (Fsp3) is 0.364. The molecule has 1 fully saturated rings. The summed E-state index contributed by atoms with van der Waals surface area (Å²) in [7, 11) is 0. The molecular weight excluding hydrogens is 349 g/mol. The molecule has 0 unspecified atom stereocenters. The molecule has 90 valence electrons. The molecule has 0 radical (unpaired) electrons. The Morgan fingerprint density at radius 1 is 1.29 bits per heavy atom. The second-order valence-electron chi connectivity index (χ2n) is 3.97. The van der Waals surface area contributed by atoms with Crippen LogP contribution in [0.5, 0.6) is 0 Å². The van der Waals surface area contributed by atoms with Gasteiger partial charge in [0, 0.05) is 3.57 Å². The molecule has 2 heterocycles. The van der Waals surface area contributed by atoms with Gasteiger partial charge in [-0.2, -0.15) is 0 Å². The van der Waals surface area contributed by atoms with Gasteiger partial charge in [-0.1, -0.05) is 0 Å². The minimum atomic E-state index is 0.754. The van der Waals surface area contributed by atoms with Gasteiger partial charge in [-0.25, -0.2) is 4.68 Å². The van der Waals surface area contributed by atoms with Crippen molar-refractivity contribution >= 4 is 45.8 Å². The van der Waals surface area contributed by atoms with Crippen LogP contribution in [0.15, 0.2) is 18.2 Å². The van der Waals surface area contributed by atoms with Crippen molar-refractivity contribution in [2.24, 2.45) is 0 Å². The van der Waals surface area contributed by atoms with E-state index in [9.17, 15) is 0 Å². The number of aromatic nitrogens is 2. The average Bonchev–Trinajstić information content (AvgIpc) is 2.65. The first-order chi connectivity index (χ1) is 8.25. The van der Waals surface area contributed by atoms with Gasteiger partial charge >= 0.3 is 0 Å². The van der Waals surface area contributed by atoms with Gasteiger partial charge in [0.1, 0.15) is 0 Å². The minimum absolute atomic E-state index is 0.754. The second kappa shape index (κ2) is 4.58. The lowest BCUT2D eigenvalue weighted by atomic mass is 10.3. The molecular formula is C11H12IN3OS. The van der Waals surface area contributed by atoms with Gasteiger partial charge in [-0.15, -0.1) is 0 Å². The molecule has 0 bridgehead atoms. The van der Waals surface area contributed by atoms with Crippen LogP contribution in [0, 0.1) is 8.34 Å². The Balaban J connectivity index is 2.14. The molecule has 4 nitrogen and oxygen atoms in total. The third kappa shape index (κ3) is 2.09. The number of imidazole rings is 1. The Hall–Kier alpha value is -0.600. The summed E-state index contributed by atoms with van der Waals surface area (Å²) in [5.41, 5.74) is 2.23. The van der Waals surface area contributed by atoms with E-state index in [0.717, 1.165) is 42.1 Å². The molecule has 6 heteroatoms. The monoisotopic (exact) mass is 361 g/mol. The number of benzene rings is 1. The zero-order chi connectivity index (χ0) is 11.8. The molecule has 1 aromatic carbocycles. The van der Waals surface area contributed by atoms with E-state index in [1.807, 2.05) is 0 Å². The zero-order valence-electron chi connectivity index (χ0n) is 9.15. The van der Waals surface area contributed by atoms with Crippen molar-refractivity contribution < 1.29 is 4.74 Å². The second-order valence-corrected chi connectivity index (χ2v) is 5.60. The van der Waals surface area contributed by atoms with E-state index in [1.165, 1.54) is 3.57 Å². The summed E-state index contributed by atoms with van der Waals surface area (Å²) in [4.78, 5) is 3.26. The highest BCUT2D eigenvalue weighted by Crippen LogP contribution is 2.18. The SMILES string of the molecule is S=c1[nH]c2cc(I)ccc2n1N1CCOCC1. The van der Waals surface area contributed by atoms with Crippen molar-refractivity contribution in [3.05, 3.63) is 26.5 Å². The number of halogens is 1. The fourth-order valence-electron chi connectivity index (χ4n) is 2.11. The highest BCUT2D eigenvalue weighted by atomic mass is 127. The molecule has 0 spiro atoms. The van der Waals surface area contributed by atoms with Gasteiger partial charge < -0.3 is 14.7 Å². The molecule has 0 aliphatic carbocycles. The molecule has 1 aliphatic heterocycles. The summed E-state index contributed by atoms with van der Waals surface area (Å²) >= 11 is 7.71. The van der Waals surface area contributed by atoms with Crippen LogP contribution in [-0.4, -0.2) is 36.0 Å². The lowest BCUT2D eigenvalue weighted by Crippen LogP contribution is -2.43. The van der Waals surface area contributed by atoms with Crippen LogP contribution in [0.1, 0.15) is 0 Å². The molecule has 1 aliphatic rings. The van der Waals surface area contributed by atoms with E-state index in [4.69, 9.17) is 17.0 Å². The molecule has 0 atom stereocenters. The Kier molecular flexibility index (Phi) is 3.10. The molecule has 17 heavy (non-hydrogen) atoms. The van der Waals surface area contributed by atoms with E-state index in [0.29, 0.717) is 0 Å². The summed E-state index contributed by atoms with van der Waals surface area (Å²) in [5, 5.41) is 2.23. The Morgan fingerprint density at radius 2 is 2.06 bits per heavy atom. The fourth-order valence-corrected chi connectivity index (χ4v) is 2.92. The number of rotatable bonds is 1. The van der Waals surface area contributed by atoms with Gasteiger partial charge in [-0.3, -0.25) is 0 Å². The van der Waals surface area contributed by atoms with Gasteiger partial charge in [0.05, 0.1) is 37.3 Å². The molecule has 0 amide bonds. The summed E-state index contributed by atoms with van der Waals surface area (Å²) in [6.45, 7) is 3.29. The number of hydrogen-bond donors (Lipinski definition) is 1. The summed E-state index contributed by atoms with van der Waals surface area (Å²) in [5.74, 6) is 0. The first kappa shape index (κ1) is 11.5. The predicted molar refractivity (Wildman–Crippen MR) is 78.6 cm³/mol. The van der Waals surface area contributed by atoms with E-state index in [1.54, 1.807) is 0 Å². The Bertz CT molecular complexity index is 600. The zero-order valence-corrected chi connectivity index (χ0v) is 12.1. The van der Waals surface area contributed by atoms with Crippen molar-refractivity contribution in [2.75, 3.05) is 31.3 Å². The molecule has 0 saturated carbocycles. The maximum absolute atomic E-state index is 5.40. The largest absolute Gasteiger partial charge is 0.378 e. The number of nitrogens with zero attached hydrogens (tertiary/aromatic N) is 2. The van der Waals surface area contributed by atoms with Crippen LogP contribution in [-0.2, 0) is 4.74 Å². The van der Waals surface area contributed by atoms with Gasteiger partial charge in [0.25, 0.3) is 0 Å². The quantitative estimate of drug-likeness (QED) is 0.625. The van der Waals surface area contributed by atoms with Crippen LogP contribution in [0.25, 0.3) is 11.0 Å². The number of H-pyrrole nitrogens is 1. The lowest BCUT2D eigenvalue weighted by Gasteiger charge is -2.29. The third-order valence-electron chi connectivity index (χ3n) is 2.89. The summed E-state index contributed by atoms with van der Waals surface area (Å²) in [6.07, 6.45) is 0. The highest BCUT2D eigenvalue weighted by molar-refractivity contribution is 14.1. The van der Waals surface area contributed by atoms with E-state index in [2.05, 4.69) is 55.5 Å². The van der Waals surface area contributed by atoms with E-state index in [-0.39, 0.29) is 0 Å². The van der Waals surface area contributed by atoms with Crippen LogP contribution >= 0.6 is 34.8 Å². The molecule has 3 rings (SSSR count). The number of morpholine rings is 1. The first-order valence-corrected chi connectivity index (χ1v) is 6.98. The average molecular weight is 361 g/mol. The maximum Gasteiger partial charge on any atom is 0.197 e. The van der Waals surface area contributed by atoms with Crippen molar-refractivity contribution in [2.45, 2.75) is 0 Å². The number of hydrogen-bond acceptors (Lipinski definition) is 3. The predicted octanol–water partition coefficient (Wildman–Crippen LogP) is 2.27. The summed E-state index contributed by atoms with van der Waals surface area (Å²) < 4.78 is 9.42. The Labute approximate surface area is 118 Å². The first-order valence-electron chi connectivity index (χ1n) is 5.49. The lowest BCUT2D eigenvalue weighted by molar-refractivity contribution is 0.111. The van der Waals surface area contributed by atoms with Crippen LogP contribution in [0.4, 0.5) is 0 Å². The van der Waals surface area contributed by atoms with E-state index >= 15 is 0 Å². The molecule has 1 saturated heterocycles. The smallest absolute Gasteiger partial charge is 0.197 e. The van der Waals surface area contributed by atoms with Crippen molar-refractivity contribution in [1.29, 1.82) is 0 Å². The van der Waals surface area contributed by atoms with Crippen LogP contribution in [0.3, 0.4) is 0 Å². The van der Waals surface area contributed by atoms with Crippen molar-refractivity contribution in [3.8, 4) is 0 Å². The standard InChI is InChI=1S/C11H12IN3OS/c12-8-1-2-10-9(7-8)13-11(17)15(10)14-3-5-16-6-4-14/h1-2,7H,3-6H2,(H,13,17). The van der Waals surface area contributed by atoms with Gasteiger partial charge in [-0.05, 0) is 53.0 Å². The third-order valence-corrected chi connectivity index (χ3v) is 3.84. The van der Waals surface area contributed by atoms with Crippen molar-refractivity contribution in [1.82, 2.24) is 9.66 Å². The highest BCUT2D eigenvalue weighted by Gasteiger charge is 2.14. The maximum atomic E-state index is 5.40. The Morgan fingerprint density at radius 3 is 2.82 bits per heavy atom. The molecule has 1 N–H and O–H groups in total. The molecule has 1 aromatic heterocycles. The minimum Gasteiger partial charge on any atom is -0.378 e. The number of nitrogens with one attached hydrogen (secondary N) is 1. The van der Waals surface area contributed by atoms with Gasteiger partial charge in [0.2, 0.25) is 0 Å². The summed E-state index contributed by atoms with van der Waals surface area (Å²) in [6, 6.07) is 6.32. The van der Waals surface area contributed by atoms with Gasteiger partial charge in [0.15, 0.2) is 4.77 Å². The van der Waals surface area contributed by atoms with Crippen molar-refractivity contribution in [3.63, 3.8) is 0 Å². The number of fused-ring (bicyclic) bond motifs is 1. The normalized spacial score (nSPS) is 16.6. The van der Waals surface area contributed by atoms with Crippen LogP contribution in [0.2, 0.25) is 0 Å². The van der Waals surface area contributed by atoms with Crippen LogP contribution < -0.4 is 5.01 Å². The number of ether oxygens (including phenoxy) is 1. The van der Waals surface area contributed by atoms with E-state index < -0.39 is 0 Å². The number of aromatic amines is 1. The topological polar surface area (TPSA) is 33.2 Å².